The fraction of sp³-hybridized carbons (Fsp3) is 0.207. The number of rotatable bonds is 5. The molecule has 6 rings (SSSR count). The summed E-state index contributed by atoms with van der Waals surface area (Å²) in [5.74, 6) is -0.864. The van der Waals surface area contributed by atoms with E-state index in [1.165, 1.54) is 15.3 Å². The predicted molar refractivity (Wildman–Crippen MR) is 139 cm³/mol. The molecule has 188 valence electrons. The minimum atomic E-state index is -0.566. The van der Waals surface area contributed by atoms with Gasteiger partial charge in [0, 0.05) is 41.2 Å². The van der Waals surface area contributed by atoms with Gasteiger partial charge in [0.15, 0.2) is 5.69 Å². The van der Waals surface area contributed by atoms with Gasteiger partial charge in [0.05, 0.1) is 23.9 Å². The van der Waals surface area contributed by atoms with Crippen molar-refractivity contribution in [3.8, 4) is 17.4 Å². The number of hydrogen-bond acceptors (Lipinski definition) is 6. The van der Waals surface area contributed by atoms with E-state index in [0.29, 0.717) is 40.4 Å². The molecule has 2 aromatic carbocycles. The zero-order valence-electron chi connectivity index (χ0n) is 20.6. The average molecular weight is 506 g/mol. The van der Waals surface area contributed by atoms with E-state index in [-0.39, 0.29) is 23.8 Å². The number of anilines is 1. The van der Waals surface area contributed by atoms with Crippen LogP contribution in [0.25, 0.3) is 11.4 Å². The van der Waals surface area contributed by atoms with Crippen molar-refractivity contribution in [3.05, 3.63) is 106 Å². The van der Waals surface area contributed by atoms with Gasteiger partial charge in [-0.15, -0.1) is 0 Å². The lowest BCUT2D eigenvalue weighted by atomic mass is 9.88. The van der Waals surface area contributed by atoms with Crippen molar-refractivity contribution >= 4 is 17.6 Å². The molecule has 1 saturated carbocycles. The number of ether oxygens (including phenoxy) is 1. The molecule has 0 radical (unpaired) electrons. The van der Waals surface area contributed by atoms with Gasteiger partial charge in [-0.2, -0.15) is 10.4 Å². The first kappa shape index (κ1) is 23.4. The number of esters is 1. The first-order valence-electron chi connectivity index (χ1n) is 12.4. The zero-order valence-corrected chi connectivity index (χ0v) is 20.6. The third-order valence-electron chi connectivity index (χ3n) is 7.13. The van der Waals surface area contributed by atoms with Crippen LogP contribution in [0.5, 0.6) is 0 Å². The maximum atomic E-state index is 14.1. The van der Waals surface area contributed by atoms with Crippen molar-refractivity contribution in [2.45, 2.75) is 25.2 Å². The van der Waals surface area contributed by atoms with Crippen LogP contribution in [0.3, 0.4) is 0 Å². The van der Waals surface area contributed by atoms with Crippen molar-refractivity contribution in [1.29, 1.82) is 5.26 Å². The number of benzene rings is 2. The van der Waals surface area contributed by atoms with Crippen molar-refractivity contribution in [3.63, 3.8) is 0 Å². The number of pyridine rings is 1. The Kier molecular flexibility index (Phi) is 5.46. The molecule has 38 heavy (non-hydrogen) atoms. The fourth-order valence-electron chi connectivity index (χ4n) is 5.14. The standard InChI is InChI=1S/C29H23N5O4/c1-2-38-28(37)25-24-26(34(31-25)22-7-5-6-19(16-22)17-30)27(36)33(18-29(24)13-14-29)21-11-9-20(10-12-21)32-15-4-3-8-23(32)35/h3-12,15-16H,2,13-14,18H2,1H3. The molecule has 2 aromatic heterocycles. The quantitative estimate of drug-likeness (QED) is 0.382. The van der Waals surface area contributed by atoms with Gasteiger partial charge < -0.3 is 9.64 Å². The smallest absolute Gasteiger partial charge is 0.359 e. The van der Waals surface area contributed by atoms with Crippen LogP contribution < -0.4 is 10.5 Å². The maximum Gasteiger partial charge on any atom is 0.359 e. The van der Waals surface area contributed by atoms with E-state index >= 15 is 0 Å². The molecule has 1 fully saturated rings. The summed E-state index contributed by atoms with van der Waals surface area (Å²) in [7, 11) is 0. The van der Waals surface area contributed by atoms with Crippen LogP contribution in [0.1, 0.15) is 51.9 Å². The zero-order chi connectivity index (χ0) is 26.4. The van der Waals surface area contributed by atoms with E-state index in [2.05, 4.69) is 11.2 Å². The summed E-state index contributed by atoms with van der Waals surface area (Å²) in [6.07, 6.45) is 3.30. The van der Waals surface area contributed by atoms with Crippen LogP contribution in [0.15, 0.2) is 77.7 Å². The Labute approximate surface area is 218 Å². The molecule has 0 unspecified atom stereocenters. The van der Waals surface area contributed by atoms with Gasteiger partial charge in [-0.3, -0.25) is 14.2 Å². The van der Waals surface area contributed by atoms with Crippen molar-refractivity contribution < 1.29 is 14.3 Å². The number of carbonyl (C=O) groups is 2. The Hall–Kier alpha value is -4.97. The Morgan fingerprint density at radius 1 is 1.03 bits per heavy atom. The summed E-state index contributed by atoms with van der Waals surface area (Å²) in [5, 5.41) is 14.0. The van der Waals surface area contributed by atoms with Crippen LogP contribution in [-0.4, -0.2) is 39.4 Å². The minimum absolute atomic E-state index is 0.147. The van der Waals surface area contributed by atoms with E-state index < -0.39 is 11.4 Å². The number of carbonyl (C=O) groups excluding carboxylic acids is 2. The average Bonchev–Trinajstić information content (AvgIpc) is 3.59. The summed E-state index contributed by atoms with van der Waals surface area (Å²) in [6, 6.07) is 21.1. The van der Waals surface area contributed by atoms with E-state index in [9.17, 15) is 19.6 Å². The second kappa shape index (κ2) is 8.85. The molecule has 1 amide bonds. The number of nitrogens with zero attached hydrogens (tertiary/aromatic N) is 5. The monoisotopic (exact) mass is 505 g/mol. The van der Waals surface area contributed by atoms with Gasteiger partial charge in [0.25, 0.3) is 11.5 Å². The summed E-state index contributed by atoms with van der Waals surface area (Å²) in [4.78, 5) is 41.0. The number of amides is 1. The fourth-order valence-corrected chi connectivity index (χ4v) is 5.14. The molecule has 9 nitrogen and oxygen atoms in total. The van der Waals surface area contributed by atoms with Crippen LogP contribution in [0, 0.1) is 11.3 Å². The highest BCUT2D eigenvalue weighted by Gasteiger charge is 2.56. The van der Waals surface area contributed by atoms with Crippen molar-refractivity contribution in [2.75, 3.05) is 18.1 Å². The highest BCUT2D eigenvalue weighted by Crippen LogP contribution is 2.54. The molecule has 0 saturated heterocycles. The molecular formula is C29H23N5O4. The third kappa shape index (κ3) is 3.69. The second-order valence-electron chi connectivity index (χ2n) is 9.46. The molecule has 0 N–H and O–H groups in total. The van der Waals surface area contributed by atoms with Crippen molar-refractivity contribution in [2.24, 2.45) is 0 Å². The van der Waals surface area contributed by atoms with Gasteiger partial charge in [-0.25, -0.2) is 9.48 Å². The highest BCUT2D eigenvalue weighted by atomic mass is 16.5. The molecule has 1 aliphatic heterocycles. The number of aromatic nitrogens is 3. The first-order chi connectivity index (χ1) is 18.5. The third-order valence-corrected chi connectivity index (χ3v) is 7.13. The molecule has 0 atom stereocenters. The molecule has 3 heterocycles. The highest BCUT2D eigenvalue weighted by molar-refractivity contribution is 6.10. The lowest BCUT2D eigenvalue weighted by Crippen LogP contribution is -2.44. The first-order valence-corrected chi connectivity index (χ1v) is 12.4. The molecule has 2 aliphatic rings. The van der Waals surface area contributed by atoms with Gasteiger partial charge in [0.2, 0.25) is 0 Å². The maximum absolute atomic E-state index is 14.1. The minimum Gasteiger partial charge on any atom is -0.461 e. The molecule has 0 bridgehead atoms. The Morgan fingerprint density at radius 2 is 1.79 bits per heavy atom. The van der Waals surface area contributed by atoms with E-state index in [4.69, 9.17) is 4.74 Å². The molecular weight excluding hydrogens is 482 g/mol. The number of nitriles is 1. The van der Waals surface area contributed by atoms with E-state index in [1.807, 2.05) is 12.1 Å². The van der Waals surface area contributed by atoms with Crippen LogP contribution in [0.2, 0.25) is 0 Å². The van der Waals surface area contributed by atoms with Gasteiger partial charge >= 0.3 is 5.97 Å². The summed E-state index contributed by atoms with van der Waals surface area (Å²) < 4.78 is 8.30. The van der Waals surface area contributed by atoms with Crippen LogP contribution in [-0.2, 0) is 10.2 Å². The number of hydrogen-bond donors (Lipinski definition) is 0. The van der Waals surface area contributed by atoms with Crippen LogP contribution >= 0.6 is 0 Å². The van der Waals surface area contributed by atoms with Gasteiger partial charge in [-0.1, -0.05) is 12.1 Å². The number of fused-ring (bicyclic) bond motifs is 2. The van der Waals surface area contributed by atoms with E-state index in [1.54, 1.807) is 66.6 Å². The Bertz CT molecular complexity index is 1690. The molecule has 1 aliphatic carbocycles. The summed E-state index contributed by atoms with van der Waals surface area (Å²) in [6.45, 7) is 2.32. The van der Waals surface area contributed by atoms with Crippen LogP contribution in [0.4, 0.5) is 5.69 Å². The molecule has 9 heteroatoms. The molecule has 4 aromatic rings. The Morgan fingerprint density at radius 3 is 2.47 bits per heavy atom. The normalized spacial score (nSPS) is 15.2. The second-order valence-corrected chi connectivity index (χ2v) is 9.46. The van der Waals surface area contributed by atoms with E-state index in [0.717, 1.165) is 12.8 Å². The largest absolute Gasteiger partial charge is 0.461 e. The summed E-state index contributed by atoms with van der Waals surface area (Å²) >= 11 is 0. The SMILES string of the molecule is CCOC(=O)c1nn(-c2cccc(C#N)c2)c2c1C1(CC1)CN(c1ccc(-n3ccccc3=O)cc1)C2=O. The lowest BCUT2D eigenvalue weighted by Gasteiger charge is -2.33. The molecule has 1 spiro atoms. The Balaban J connectivity index is 1.47. The van der Waals surface area contributed by atoms with Gasteiger partial charge in [-0.05, 0) is 68.3 Å². The topological polar surface area (TPSA) is 110 Å². The van der Waals surface area contributed by atoms with Gasteiger partial charge in [0.1, 0.15) is 5.69 Å². The van der Waals surface area contributed by atoms with Crippen molar-refractivity contribution in [1.82, 2.24) is 14.3 Å². The summed E-state index contributed by atoms with van der Waals surface area (Å²) in [5.41, 5.74) is 2.80. The lowest BCUT2D eigenvalue weighted by molar-refractivity contribution is 0.0516. The predicted octanol–water partition coefficient (Wildman–Crippen LogP) is 3.76.